The standard InChI is InChI=1S/C27H35ClF3NO5S/c1-15-7-6-8-18(27(29,30)31)9-10-20(16(2)11-19-14-38-22(13-28)32-19)37-23(34)12-21(33)26(4,5)25(36)17(3)24(15)35/h6-7,9,11,14-15,17,20-21,24,33,35H,8,10,12-13H2,1-5H3/b7-6+,16-11+,18-9+/t15-,17+,20-,21-,24-/m0/s1. The van der Waals surface area contributed by atoms with Crippen LogP contribution in [0.5, 0.6) is 0 Å². The predicted molar refractivity (Wildman–Crippen MR) is 141 cm³/mol. The Kier molecular flexibility index (Phi) is 11.3. The molecule has 0 bridgehead atoms. The molecule has 5 atom stereocenters. The number of ketones is 1. The number of hydrogen-bond donors (Lipinski definition) is 2. The number of hydrogen-bond acceptors (Lipinski definition) is 7. The van der Waals surface area contributed by atoms with Crippen molar-refractivity contribution in [2.24, 2.45) is 17.3 Å². The fourth-order valence-corrected chi connectivity index (χ4v) is 5.02. The number of aliphatic hydroxyl groups excluding tert-OH is 2. The fourth-order valence-electron chi connectivity index (χ4n) is 4.17. The van der Waals surface area contributed by atoms with E-state index >= 15 is 0 Å². The van der Waals surface area contributed by atoms with E-state index in [0.717, 1.165) is 6.08 Å². The van der Waals surface area contributed by atoms with E-state index in [1.165, 1.54) is 44.3 Å². The second-order valence-electron chi connectivity index (χ2n) is 10.2. The van der Waals surface area contributed by atoms with Crippen molar-refractivity contribution in [2.45, 2.75) is 84.2 Å². The molecule has 2 rings (SSSR count). The van der Waals surface area contributed by atoms with Gasteiger partial charge in [0.05, 0.1) is 35.6 Å². The first-order valence-electron chi connectivity index (χ1n) is 12.3. The molecular weight excluding hydrogens is 543 g/mol. The summed E-state index contributed by atoms with van der Waals surface area (Å²) < 4.78 is 46.9. The van der Waals surface area contributed by atoms with Crippen molar-refractivity contribution in [2.75, 3.05) is 0 Å². The van der Waals surface area contributed by atoms with Gasteiger partial charge in [0.1, 0.15) is 16.9 Å². The number of ether oxygens (including phenoxy) is 1. The molecule has 1 aliphatic heterocycles. The molecule has 0 spiro atoms. The lowest BCUT2D eigenvalue weighted by molar-refractivity contribution is -0.154. The minimum Gasteiger partial charge on any atom is -0.457 e. The van der Waals surface area contributed by atoms with E-state index in [0.29, 0.717) is 16.3 Å². The number of allylic oxidation sites excluding steroid dienone is 2. The number of aliphatic hydroxyl groups is 2. The van der Waals surface area contributed by atoms with Crippen LogP contribution < -0.4 is 0 Å². The lowest BCUT2D eigenvalue weighted by Gasteiger charge is -2.34. The van der Waals surface area contributed by atoms with Crippen LogP contribution in [0.3, 0.4) is 0 Å². The molecule has 11 heteroatoms. The number of nitrogens with zero attached hydrogens (tertiary/aromatic N) is 1. The van der Waals surface area contributed by atoms with Crippen molar-refractivity contribution in [1.82, 2.24) is 4.98 Å². The van der Waals surface area contributed by atoms with E-state index < -0.39 is 71.9 Å². The van der Waals surface area contributed by atoms with Crippen LogP contribution in [0.15, 0.2) is 34.8 Å². The van der Waals surface area contributed by atoms with Crippen LogP contribution in [0.25, 0.3) is 6.08 Å². The largest absolute Gasteiger partial charge is 0.457 e. The molecule has 0 aromatic carbocycles. The number of aromatic nitrogens is 1. The molecule has 2 heterocycles. The quantitative estimate of drug-likeness (QED) is 0.259. The van der Waals surface area contributed by atoms with Gasteiger partial charge < -0.3 is 14.9 Å². The fraction of sp³-hybridized carbons (Fsp3) is 0.593. The summed E-state index contributed by atoms with van der Waals surface area (Å²) in [6, 6.07) is 0. The third kappa shape index (κ3) is 8.49. The molecular formula is C27H35ClF3NO5S. The zero-order valence-electron chi connectivity index (χ0n) is 22.1. The molecule has 38 heavy (non-hydrogen) atoms. The average Bonchev–Trinajstić information content (AvgIpc) is 3.29. The Labute approximate surface area is 230 Å². The van der Waals surface area contributed by atoms with E-state index in [1.807, 2.05) is 0 Å². The Morgan fingerprint density at radius 1 is 1.29 bits per heavy atom. The molecule has 6 nitrogen and oxygen atoms in total. The minimum absolute atomic E-state index is 0.210. The zero-order chi connectivity index (χ0) is 28.8. The van der Waals surface area contributed by atoms with Crippen molar-refractivity contribution in [3.05, 3.63) is 45.5 Å². The first-order valence-corrected chi connectivity index (χ1v) is 13.7. The lowest BCUT2D eigenvalue weighted by Crippen LogP contribution is -2.45. The first-order chi connectivity index (χ1) is 17.6. The van der Waals surface area contributed by atoms with E-state index in [-0.39, 0.29) is 12.3 Å². The number of rotatable bonds is 3. The lowest BCUT2D eigenvalue weighted by atomic mass is 9.73. The number of Topliss-reactive ketones (excluding diaryl/α,β-unsaturated/α-hetero) is 1. The maximum Gasteiger partial charge on any atom is 0.412 e. The second kappa shape index (κ2) is 13.4. The van der Waals surface area contributed by atoms with Crippen molar-refractivity contribution < 1.29 is 37.7 Å². The highest BCUT2D eigenvalue weighted by Crippen LogP contribution is 2.33. The van der Waals surface area contributed by atoms with Gasteiger partial charge in [0.2, 0.25) is 0 Å². The molecule has 0 saturated heterocycles. The summed E-state index contributed by atoms with van der Waals surface area (Å²) >= 11 is 7.12. The zero-order valence-corrected chi connectivity index (χ0v) is 23.7. The van der Waals surface area contributed by atoms with E-state index in [2.05, 4.69) is 4.98 Å². The summed E-state index contributed by atoms with van der Waals surface area (Å²) in [7, 11) is 0. The van der Waals surface area contributed by atoms with Gasteiger partial charge in [0.15, 0.2) is 0 Å². The van der Waals surface area contributed by atoms with Crippen LogP contribution in [0.1, 0.15) is 64.6 Å². The Balaban J connectivity index is 2.50. The number of alkyl halides is 4. The maximum atomic E-state index is 13.8. The van der Waals surface area contributed by atoms with Gasteiger partial charge in [-0.15, -0.1) is 22.9 Å². The smallest absolute Gasteiger partial charge is 0.412 e. The number of carbonyl (C=O) groups is 2. The molecule has 0 amide bonds. The topological polar surface area (TPSA) is 96.7 Å². The van der Waals surface area contributed by atoms with Crippen LogP contribution >= 0.6 is 22.9 Å². The first kappa shape index (κ1) is 32.2. The number of carbonyl (C=O) groups excluding carboxylic acids is 2. The van der Waals surface area contributed by atoms with Gasteiger partial charge in [0.25, 0.3) is 0 Å². The molecule has 0 saturated carbocycles. The Hall–Kier alpha value is -2.01. The van der Waals surface area contributed by atoms with E-state index in [1.54, 1.807) is 25.3 Å². The normalized spacial score (nSPS) is 30.9. The van der Waals surface area contributed by atoms with Gasteiger partial charge >= 0.3 is 12.1 Å². The molecule has 0 fully saturated rings. The molecule has 1 aromatic heterocycles. The third-order valence-electron chi connectivity index (χ3n) is 6.85. The van der Waals surface area contributed by atoms with Crippen molar-refractivity contribution >= 4 is 40.8 Å². The summed E-state index contributed by atoms with van der Waals surface area (Å²) in [6.45, 7) is 7.68. The molecule has 2 N–H and O–H groups in total. The Morgan fingerprint density at radius 2 is 1.95 bits per heavy atom. The van der Waals surface area contributed by atoms with E-state index in [9.17, 15) is 33.0 Å². The molecule has 1 aromatic rings. The second-order valence-corrected chi connectivity index (χ2v) is 11.4. The Morgan fingerprint density at radius 3 is 2.53 bits per heavy atom. The van der Waals surface area contributed by atoms with E-state index in [4.69, 9.17) is 16.3 Å². The highest BCUT2D eigenvalue weighted by Gasteiger charge is 2.42. The van der Waals surface area contributed by atoms with Gasteiger partial charge in [-0.3, -0.25) is 9.59 Å². The van der Waals surface area contributed by atoms with Gasteiger partial charge in [0, 0.05) is 29.2 Å². The predicted octanol–water partition coefficient (Wildman–Crippen LogP) is 6.02. The third-order valence-corrected chi connectivity index (χ3v) is 8.13. The van der Waals surface area contributed by atoms with Crippen molar-refractivity contribution in [3.8, 4) is 0 Å². The van der Waals surface area contributed by atoms with Crippen LogP contribution in [-0.2, 0) is 20.2 Å². The van der Waals surface area contributed by atoms with Gasteiger partial charge in [-0.25, -0.2) is 4.98 Å². The van der Waals surface area contributed by atoms with Crippen LogP contribution in [0.2, 0.25) is 0 Å². The number of cyclic esters (lactones) is 1. The molecule has 0 radical (unpaired) electrons. The summed E-state index contributed by atoms with van der Waals surface area (Å²) in [4.78, 5) is 30.3. The molecule has 0 aliphatic carbocycles. The van der Waals surface area contributed by atoms with Crippen LogP contribution in [0, 0.1) is 17.3 Å². The van der Waals surface area contributed by atoms with Gasteiger partial charge in [-0.05, 0) is 25.0 Å². The SMILES string of the molecule is C/C(=C\c1csc(CCl)n1)[C@@H]1C/C=C(/C(F)(F)F)C/C=C/[C@H](C)[C@H](O)[C@@H](C)C(=O)C(C)(C)[C@@H](O)CC(=O)O1. The maximum absolute atomic E-state index is 13.8. The summed E-state index contributed by atoms with van der Waals surface area (Å²) in [5, 5.41) is 23.8. The highest BCUT2D eigenvalue weighted by atomic mass is 35.5. The highest BCUT2D eigenvalue weighted by molar-refractivity contribution is 7.09. The van der Waals surface area contributed by atoms with Gasteiger partial charge in [-0.1, -0.05) is 45.9 Å². The summed E-state index contributed by atoms with van der Waals surface area (Å²) in [5.41, 5.74) is -1.24. The number of halogens is 4. The summed E-state index contributed by atoms with van der Waals surface area (Å²) in [6.07, 6.45) is -4.24. The molecule has 212 valence electrons. The monoisotopic (exact) mass is 577 g/mol. The number of thiazole rings is 1. The van der Waals surface area contributed by atoms with Crippen molar-refractivity contribution in [3.63, 3.8) is 0 Å². The van der Waals surface area contributed by atoms with Crippen molar-refractivity contribution in [1.29, 1.82) is 0 Å². The van der Waals surface area contributed by atoms with Crippen LogP contribution in [-0.4, -0.2) is 51.4 Å². The molecule has 0 unspecified atom stereocenters. The Bertz CT molecular complexity index is 1080. The average molecular weight is 578 g/mol. The summed E-state index contributed by atoms with van der Waals surface area (Å²) in [5.74, 6) is -2.69. The van der Waals surface area contributed by atoms with Crippen LogP contribution in [0.4, 0.5) is 13.2 Å². The van der Waals surface area contributed by atoms with Gasteiger partial charge in [-0.2, -0.15) is 13.2 Å². The minimum atomic E-state index is -4.63. The molecule has 1 aliphatic rings. The number of esters is 1.